The first-order chi connectivity index (χ1) is 11.6. The maximum absolute atomic E-state index is 13.8. The second-order valence-electron chi connectivity index (χ2n) is 6.13. The number of amides is 2. The molecular formula is C18H26FN3O2. The number of rotatable bonds is 8. The topological polar surface area (TPSA) is 55.8 Å². The Labute approximate surface area is 142 Å². The van der Waals surface area contributed by atoms with Crippen LogP contribution < -0.4 is 5.32 Å². The molecule has 1 saturated heterocycles. The van der Waals surface area contributed by atoms with Crippen LogP contribution in [0.25, 0.3) is 0 Å². The maximum atomic E-state index is 13.8. The van der Waals surface area contributed by atoms with Crippen molar-refractivity contribution in [3.63, 3.8) is 0 Å². The fourth-order valence-electron chi connectivity index (χ4n) is 2.98. The van der Waals surface area contributed by atoms with E-state index in [1.807, 2.05) is 6.08 Å². The van der Waals surface area contributed by atoms with Crippen LogP contribution in [-0.4, -0.2) is 60.3 Å². The van der Waals surface area contributed by atoms with Gasteiger partial charge in [0.25, 0.3) is 0 Å². The third-order valence-electron chi connectivity index (χ3n) is 4.28. The molecule has 1 aliphatic heterocycles. The molecule has 0 saturated carbocycles. The van der Waals surface area contributed by atoms with Crippen molar-refractivity contribution in [2.24, 2.45) is 5.92 Å². The number of urea groups is 1. The summed E-state index contributed by atoms with van der Waals surface area (Å²) in [4.78, 5) is 16.1. The number of carbonyl (C=O) groups excluding carboxylic acids is 1. The Balaban J connectivity index is 1.85. The molecule has 1 fully saturated rings. The van der Waals surface area contributed by atoms with Gasteiger partial charge in [-0.05, 0) is 24.9 Å². The highest BCUT2D eigenvalue weighted by Gasteiger charge is 2.23. The third kappa shape index (κ3) is 5.32. The van der Waals surface area contributed by atoms with E-state index in [1.54, 1.807) is 18.2 Å². The summed E-state index contributed by atoms with van der Waals surface area (Å²) in [7, 11) is 0. The van der Waals surface area contributed by atoms with Gasteiger partial charge in [0, 0.05) is 31.7 Å². The normalized spacial score (nSPS) is 17.7. The molecule has 0 spiro atoms. The molecule has 1 atom stereocenters. The zero-order valence-corrected chi connectivity index (χ0v) is 14.0. The average molecular weight is 335 g/mol. The predicted octanol–water partition coefficient (Wildman–Crippen LogP) is 1.84. The number of hydrogen-bond acceptors (Lipinski definition) is 3. The fraction of sp³-hybridized carbons (Fsp3) is 0.500. The van der Waals surface area contributed by atoms with Gasteiger partial charge in [0.05, 0.1) is 13.2 Å². The molecule has 1 aliphatic rings. The number of aliphatic hydroxyl groups is 1. The van der Waals surface area contributed by atoms with Crippen LogP contribution in [0.2, 0.25) is 0 Å². The molecule has 1 aromatic rings. The average Bonchev–Trinajstić information content (AvgIpc) is 3.02. The molecule has 6 heteroatoms. The summed E-state index contributed by atoms with van der Waals surface area (Å²) in [5.41, 5.74) is 0.444. The van der Waals surface area contributed by atoms with Crippen molar-refractivity contribution < 1.29 is 14.3 Å². The van der Waals surface area contributed by atoms with E-state index in [1.165, 1.54) is 11.0 Å². The first kappa shape index (κ1) is 18.4. The number of benzene rings is 1. The number of nitrogens with one attached hydrogen (secondary N) is 1. The Bertz CT molecular complexity index is 553. The molecule has 0 unspecified atom stereocenters. The van der Waals surface area contributed by atoms with Crippen LogP contribution in [0.4, 0.5) is 9.18 Å². The second-order valence-corrected chi connectivity index (χ2v) is 6.13. The lowest BCUT2D eigenvalue weighted by molar-refractivity contribution is 0.172. The fourth-order valence-corrected chi connectivity index (χ4v) is 2.98. The quantitative estimate of drug-likeness (QED) is 0.713. The number of halogens is 1. The lowest BCUT2D eigenvalue weighted by atomic mass is 10.1. The zero-order valence-electron chi connectivity index (χ0n) is 14.0. The van der Waals surface area contributed by atoms with E-state index in [4.69, 9.17) is 0 Å². The lowest BCUT2D eigenvalue weighted by Gasteiger charge is -2.23. The summed E-state index contributed by atoms with van der Waals surface area (Å²) in [5, 5.41) is 12.1. The van der Waals surface area contributed by atoms with E-state index in [0.717, 1.165) is 26.1 Å². The van der Waals surface area contributed by atoms with Gasteiger partial charge in [-0.3, -0.25) is 4.90 Å². The van der Waals surface area contributed by atoms with E-state index >= 15 is 0 Å². The van der Waals surface area contributed by atoms with Gasteiger partial charge in [0.15, 0.2) is 0 Å². The van der Waals surface area contributed by atoms with Crippen molar-refractivity contribution in [3.05, 3.63) is 48.3 Å². The van der Waals surface area contributed by atoms with Crippen LogP contribution in [0.5, 0.6) is 0 Å². The van der Waals surface area contributed by atoms with Gasteiger partial charge in [0.2, 0.25) is 0 Å². The summed E-state index contributed by atoms with van der Waals surface area (Å²) in [6, 6.07) is 6.10. The highest BCUT2D eigenvalue weighted by atomic mass is 19.1. The molecule has 2 rings (SSSR count). The van der Waals surface area contributed by atoms with Gasteiger partial charge in [-0.25, -0.2) is 9.18 Å². The molecule has 0 aliphatic carbocycles. The summed E-state index contributed by atoms with van der Waals surface area (Å²) in [6.45, 7) is 7.32. The van der Waals surface area contributed by atoms with Gasteiger partial charge in [-0.2, -0.15) is 0 Å². The van der Waals surface area contributed by atoms with E-state index < -0.39 is 0 Å². The molecular weight excluding hydrogens is 309 g/mol. The minimum absolute atomic E-state index is 0.145. The molecule has 1 heterocycles. The van der Waals surface area contributed by atoms with Crippen LogP contribution in [0.15, 0.2) is 36.9 Å². The van der Waals surface area contributed by atoms with Gasteiger partial charge in [-0.1, -0.05) is 24.3 Å². The number of aliphatic hydroxyl groups excluding tert-OH is 1. The Hall–Kier alpha value is -1.92. The molecule has 0 aromatic heterocycles. The van der Waals surface area contributed by atoms with Crippen LogP contribution in [0.1, 0.15) is 12.0 Å². The standard InChI is InChI=1S/C18H26FN3O2/c1-2-8-21-9-7-15(13-21)12-20-18(24)22(10-11-23)14-16-5-3-4-6-17(16)19/h2-6,15,23H,1,7-14H2,(H,20,24)/t15-/m0/s1. The first-order valence-corrected chi connectivity index (χ1v) is 8.34. The molecule has 5 nitrogen and oxygen atoms in total. The minimum atomic E-state index is -0.343. The molecule has 2 amide bonds. The van der Waals surface area contributed by atoms with Gasteiger partial charge in [0.1, 0.15) is 5.82 Å². The summed E-state index contributed by atoms with van der Waals surface area (Å²) < 4.78 is 13.8. The largest absolute Gasteiger partial charge is 0.395 e. The molecule has 2 N–H and O–H groups in total. The maximum Gasteiger partial charge on any atom is 0.317 e. The Morgan fingerprint density at radius 3 is 3.00 bits per heavy atom. The minimum Gasteiger partial charge on any atom is -0.395 e. The van der Waals surface area contributed by atoms with Crippen LogP contribution in [0.3, 0.4) is 0 Å². The SMILES string of the molecule is C=CCN1CC[C@@H](CNC(=O)N(CCO)Cc2ccccc2F)C1. The van der Waals surface area contributed by atoms with E-state index in [0.29, 0.717) is 18.0 Å². The summed E-state index contributed by atoms with van der Waals surface area (Å²) in [5.74, 6) is 0.0717. The van der Waals surface area contributed by atoms with Gasteiger partial charge >= 0.3 is 6.03 Å². The summed E-state index contributed by atoms with van der Waals surface area (Å²) in [6.07, 6.45) is 2.93. The van der Waals surface area contributed by atoms with E-state index in [-0.39, 0.29) is 31.5 Å². The van der Waals surface area contributed by atoms with Crippen LogP contribution >= 0.6 is 0 Å². The van der Waals surface area contributed by atoms with Crippen molar-refractivity contribution in [3.8, 4) is 0 Å². The number of nitrogens with zero attached hydrogens (tertiary/aromatic N) is 2. The predicted molar refractivity (Wildman–Crippen MR) is 92.0 cm³/mol. The van der Waals surface area contributed by atoms with Crippen LogP contribution in [0, 0.1) is 11.7 Å². The summed E-state index contributed by atoms with van der Waals surface area (Å²) >= 11 is 0. The zero-order chi connectivity index (χ0) is 17.4. The van der Waals surface area contributed by atoms with E-state index in [9.17, 15) is 14.3 Å². The van der Waals surface area contributed by atoms with Crippen molar-refractivity contribution in [1.82, 2.24) is 15.1 Å². The second kappa shape index (κ2) is 9.39. The Kier molecular flexibility index (Phi) is 7.21. The van der Waals surface area contributed by atoms with Crippen molar-refractivity contribution in [2.75, 3.05) is 39.3 Å². The number of likely N-dealkylation sites (tertiary alicyclic amines) is 1. The molecule has 0 radical (unpaired) electrons. The first-order valence-electron chi connectivity index (χ1n) is 8.34. The number of hydrogen-bond donors (Lipinski definition) is 2. The monoisotopic (exact) mass is 335 g/mol. The number of carbonyl (C=O) groups is 1. The molecule has 1 aromatic carbocycles. The highest BCUT2D eigenvalue weighted by Crippen LogP contribution is 2.15. The third-order valence-corrected chi connectivity index (χ3v) is 4.28. The smallest absolute Gasteiger partial charge is 0.317 e. The Morgan fingerprint density at radius 2 is 2.29 bits per heavy atom. The van der Waals surface area contributed by atoms with Gasteiger partial charge < -0.3 is 15.3 Å². The van der Waals surface area contributed by atoms with Crippen LogP contribution in [-0.2, 0) is 6.54 Å². The highest BCUT2D eigenvalue weighted by molar-refractivity contribution is 5.74. The lowest BCUT2D eigenvalue weighted by Crippen LogP contribution is -2.43. The molecule has 0 bridgehead atoms. The van der Waals surface area contributed by atoms with Crippen molar-refractivity contribution in [2.45, 2.75) is 13.0 Å². The Morgan fingerprint density at radius 1 is 1.50 bits per heavy atom. The van der Waals surface area contributed by atoms with Gasteiger partial charge in [-0.15, -0.1) is 6.58 Å². The van der Waals surface area contributed by atoms with E-state index in [2.05, 4.69) is 16.8 Å². The molecule has 24 heavy (non-hydrogen) atoms. The molecule has 132 valence electrons. The van der Waals surface area contributed by atoms with Crippen molar-refractivity contribution in [1.29, 1.82) is 0 Å². The van der Waals surface area contributed by atoms with Crippen molar-refractivity contribution >= 4 is 6.03 Å².